The molecule has 1 aromatic carbocycles. The summed E-state index contributed by atoms with van der Waals surface area (Å²) in [6, 6.07) is 8.60. The maximum absolute atomic E-state index is 3.90. The number of anilines is 1. The van der Waals surface area contributed by atoms with E-state index in [-0.39, 0.29) is 5.41 Å². The van der Waals surface area contributed by atoms with Crippen LogP contribution in [0.15, 0.2) is 49.6 Å². The van der Waals surface area contributed by atoms with E-state index in [4.69, 9.17) is 0 Å². The minimum absolute atomic E-state index is 0.214. The number of allylic oxidation sites excluding steroid dienone is 2. The first-order valence-corrected chi connectivity index (χ1v) is 5.87. The Morgan fingerprint density at radius 2 is 1.88 bits per heavy atom. The van der Waals surface area contributed by atoms with Gasteiger partial charge in [0.05, 0.1) is 0 Å². The Morgan fingerprint density at radius 3 is 2.56 bits per heavy atom. The van der Waals surface area contributed by atoms with Gasteiger partial charge < -0.3 is 5.32 Å². The summed E-state index contributed by atoms with van der Waals surface area (Å²) >= 11 is 0. The second-order valence-corrected chi connectivity index (χ2v) is 4.49. The zero-order valence-corrected chi connectivity index (χ0v) is 9.71. The number of hydrogen-bond acceptors (Lipinski definition) is 1. The van der Waals surface area contributed by atoms with E-state index in [1.165, 1.54) is 11.3 Å². The zero-order valence-electron chi connectivity index (χ0n) is 9.71. The molecule has 0 saturated heterocycles. The first-order valence-electron chi connectivity index (χ1n) is 5.87. The normalized spacial score (nSPS) is 17.0. The fourth-order valence-electron chi connectivity index (χ4n) is 2.73. The first-order chi connectivity index (χ1) is 7.82. The highest BCUT2D eigenvalue weighted by Crippen LogP contribution is 2.42. The van der Waals surface area contributed by atoms with Crippen molar-refractivity contribution in [2.45, 2.75) is 24.7 Å². The Bertz CT molecular complexity index is 382. The van der Waals surface area contributed by atoms with Crippen LogP contribution in [0.5, 0.6) is 0 Å². The van der Waals surface area contributed by atoms with Crippen molar-refractivity contribution in [3.05, 3.63) is 55.1 Å². The summed E-state index contributed by atoms with van der Waals surface area (Å²) in [5, 5.41) is 3.47. The van der Waals surface area contributed by atoms with Crippen molar-refractivity contribution in [1.29, 1.82) is 0 Å². The van der Waals surface area contributed by atoms with Gasteiger partial charge in [-0.05, 0) is 30.9 Å². The van der Waals surface area contributed by atoms with Gasteiger partial charge in [0.15, 0.2) is 0 Å². The highest BCUT2D eigenvalue weighted by atomic mass is 14.9. The smallest absolute Gasteiger partial charge is 0.0378 e. The fourth-order valence-corrected chi connectivity index (χ4v) is 2.73. The average Bonchev–Trinajstić information content (AvgIpc) is 2.30. The van der Waals surface area contributed by atoms with E-state index in [1.807, 2.05) is 12.2 Å². The van der Waals surface area contributed by atoms with E-state index in [9.17, 15) is 0 Å². The standard InChI is InChI=1S/C15H19N/c1-3-9-15(10-4-2)11-12-16-14-8-6-5-7-13(14)15/h3-8,16H,1-2,9-12H2. The van der Waals surface area contributed by atoms with E-state index in [0.717, 1.165) is 25.8 Å². The molecule has 1 heteroatoms. The van der Waals surface area contributed by atoms with Crippen LogP contribution in [-0.4, -0.2) is 6.54 Å². The van der Waals surface area contributed by atoms with Gasteiger partial charge in [-0.3, -0.25) is 0 Å². The molecule has 0 unspecified atom stereocenters. The molecular formula is C15H19N. The van der Waals surface area contributed by atoms with E-state index in [0.29, 0.717) is 0 Å². The molecule has 0 bridgehead atoms. The number of para-hydroxylation sites is 1. The Balaban J connectivity index is 2.46. The van der Waals surface area contributed by atoms with Gasteiger partial charge in [-0.2, -0.15) is 0 Å². The molecule has 0 atom stereocenters. The predicted molar refractivity (Wildman–Crippen MR) is 70.9 cm³/mol. The summed E-state index contributed by atoms with van der Waals surface area (Å²) in [5.41, 5.74) is 2.91. The van der Waals surface area contributed by atoms with E-state index in [2.05, 4.69) is 42.7 Å². The van der Waals surface area contributed by atoms with Crippen LogP contribution in [-0.2, 0) is 5.41 Å². The van der Waals surface area contributed by atoms with Crippen molar-refractivity contribution in [1.82, 2.24) is 0 Å². The summed E-state index contributed by atoms with van der Waals surface area (Å²) in [7, 11) is 0. The van der Waals surface area contributed by atoms with Crippen LogP contribution in [0, 0.1) is 0 Å². The third-order valence-corrected chi connectivity index (χ3v) is 3.49. The minimum atomic E-state index is 0.214. The van der Waals surface area contributed by atoms with Crippen LogP contribution >= 0.6 is 0 Å². The lowest BCUT2D eigenvalue weighted by molar-refractivity contribution is 0.403. The monoisotopic (exact) mass is 213 g/mol. The third-order valence-electron chi connectivity index (χ3n) is 3.49. The molecule has 0 radical (unpaired) electrons. The van der Waals surface area contributed by atoms with Gasteiger partial charge in [-0.15, -0.1) is 13.2 Å². The molecule has 1 nitrogen and oxygen atoms in total. The van der Waals surface area contributed by atoms with Gasteiger partial charge in [0.25, 0.3) is 0 Å². The van der Waals surface area contributed by atoms with Gasteiger partial charge in [-0.25, -0.2) is 0 Å². The van der Waals surface area contributed by atoms with Crippen LogP contribution in [0.2, 0.25) is 0 Å². The Labute approximate surface area is 97.9 Å². The lowest BCUT2D eigenvalue weighted by Crippen LogP contribution is -2.33. The summed E-state index contributed by atoms with van der Waals surface area (Å²) in [6.07, 6.45) is 7.27. The van der Waals surface area contributed by atoms with Gasteiger partial charge in [0.1, 0.15) is 0 Å². The zero-order chi connectivity index (χ0) is 11.4. The SMILES string of the molecule is C=CCC1(CC=C)CCNc2ccccc21. The van der Waals surface area contributed by atoms with Crippen molar-refractivity contribution < 1.29 is 0 Å². The Kier molecular flexibility index (Phi) is 3.14. The van der Waals surface area contributed by atoms with Gasteiger partial charge in [-0.1, -0.05) is 30.4 Å². The molecule has 0 amide bonds. The number of hydrogen-bond donors (Lipinski definition) is 1. The predicted octanol–water partition coefficient (Wildman–Crippen LogP) is 3.89. The molecule has 0 aromatic heterocycles. The average molecular weight is 213 g/mol. The van der Waals surface area contributed by atoms with Crippen LogP contribution in [0.4, 0.5) is 5.69 Å². The summed E-state index contributed by atoms with van der Waals surface area (Å²) in [6.45, 7) is 8.84. The molecule has 1 aliphatic heterocycles. The molecule has 16 heavy (non-hydrogen) atoms. The van der Waals surface area contributed by atoms with Gasteiger partial charge in [0, 0.05) is 17.6 Å². The van der Waals surface area contributed by atoms with Crippen LogP contribution in [0.1, 0.15) is 24.8 Å². The maximum Gasteiger partial charge on any atom is 0.0378 e. The lowest BCUT2D eigenvalue weighted by Gasteiger charge is -2.38. The molecule has 0 aliphatic carbocycles. The Hall–Kier alpha value is -1.50. The highest BCUT2D eigenvalue weighted by molar-refractivity contribution is 5.57. The van der Waals surface area contributed by atoms with E-state index >= 15 is 0 Å². The summed E-state index contributed by atoms with van der Waals surface area (Å²) < 4.78 is 0. The molecule has 1 N–H and O–H groups in total. The molecule has 0 spiro atoms. The van der Waals surface area contributed by atoms with Gasteiger partial charge >= 0.3 is 0 Å². The van der Waals surface area contributed by atoms with Crippen molar-refractivity contribution in [2.75, 3.05) is 11.9 Å². The third kappa shape index (κ3) is 1.78. The topological polar surface area (TPSA) is 12.0 Å². The number of rotatable bonds is 4. The summed E-state index contributed by atoms with van der Waals surface area (Å²) in [4.78, 5) is 0. The lowest BCUT2D eigenvalue weighted by atomic mass is 9.70. The van der Waals surface area contributed by atoms with Crippen molar-refractivity contribution >= 4 is 5.69 Å². The minimum Gasteiger partial charge on any atom is -0.385 e. The summed E-state index contributed by atoms with van der Waals surface area (Å²) in [5.74, 6) is 0. The number of nitrogens with one attached hydrogen (secondary N) is 1. The first kappa shape index (κ1) is 11.0. The van der Waals surface area contributed by atoms with E-state index in [1.54, 1.807) is 0 Å². The molecule has 0 fully saturated rings. The highest BCUT2D eigenvalue weighted by Gasteiger charge is 2.33. The largest absolute Gasteiger partial charge is 0.385 e. The molecule has 1 heterocycles. The number of benzene rings is 1. The van der Waals surface area contributed by atoms with E-state index < -0.39 is 0 Å². The van der Waals surface area contributed by atoms with Gasteiger partial charge in [0.2, 0.25) is 0 Å². The van der Waals surface area contributed by atoms with Crippen LogP contribution in [0.25, 0.3) is 0 Å². The quantitative estimate of drug-likeness (QED) is 0.748. The molecule has 0 saturated carbocycles. The maximum atomic E-state index is 3.90. The van der Waals surface area contributed by atoms with Crippen molar-refractivity contribution in [3.8, 4) is 0 Å². The molecular weight excluding hydrogens is 194 g/mol. The number of fused-ring (bicyclic) bond motifs is 1. The van der Waals surface area contributed by atoms with Crippen molar-refractivity contribution in [3.63, 3.8) is 0 Å². The Morgan fingerprint density at radius 1 is 1.19 bits per heavy atom. The van der Waals surface area contributed by atoms with Crippen molar-refractivity contribution in [2.24, 2.45) is 0 Å². The second-order valence-electron chi connectivity index (χ2n) is 4.49. The molecule has 1 aromatic rings. The molecule has 84 valence electrons. The molecule has 1 aliphatic rings. The second kappa shape index (κ2) is 4.56. The fraction of sp³-hybridized carbons (Fsp3) is 0.333. The van der Waals surface area contributed by atoms with Crippen LogP contribution < -0.4 is 5.32 Å². The van der Waals surface area contributed by atoms with Crippen LogP contribution in [0.3, 0.4) is 0 Å². The molecule has 2 rings (SSSR count).